The van der Waals surface area contributed by atoms with Gasteiger partial charge >= 0.3 is 5.69 Å². The normalized spacial score (nSPS) is 10.3. The molecule has 2 aromatic rings. The Bertz CT molecular complexity index is 658. The Kier molecular flexibility index (Phi) is 3.79. The van der Waals surface area contributed by atoms with Crippen LogP contribution in [0, 0.1) is 17.0 Å². The number of nitrogen functional groups attached to an aromatic ring is 1. The summed E-state index contributed by atoms with van der Waals surface area (Å²) in [7, 11) is 0. The van der Waals surface area contributed by atoms with Gasteiger partial charge in [0.25, 0.3) is 0 Å². The summed E-state index contributed by atoms with van der Waals surface area (Å²) in [5.41, 5.74) is 6.90. The Labute approximate surface area is 115 Å². The highest BCUT2D eigenvalue weighted by Crippen LogP contribution is 2.32. The molecule has 0 atom stereocenters. The first-order chi connectivity index (χ1) is 9.51. The molecule has 1 heterocycles. The number of aromatic nitrogens is 2. The molecule has 0 saturated carbocycles. The van der Waals surface area contributed by atoms with Gasteiger partial charge in [0.2, 0.25) is 17.6 Å². The van der Waals surface area contributed by atoms with Gasteiger partial charge in [-0.3, -0.25) is 10.1 Å². The molecule has 0 bridgehead atoms. The van der Waals surface area contributed by atoms with Crippen LogP contribution >= 0.6 is 0 Å². The largest absolute Gasteiger partial charge is 0.431 e. The molecule has 1 aromatic carbocycles. The molecule has 0 spiro atoms. The van der Waals surface area contributed by atoms with Crippen molar-refractivity contribution in [2.45, 2.75) is 20.3 Å². The Hall–Kier alpha value is -2.70. The quantitative estimate of drug-likeness (QED) is 0.678. The van der Waals surface area contributed by atoms with Crippen molar-refractivity contribution in [3.63, 3.8) is 0 Å². The maximum atomic E-state index is 11.1. The van der Waals surface area contributed by atoms with Crippen LogP contribution in [0.4, 0.5) is 11.6 Å². The molecule has 0 amide bonds. The number of benzene rings is 1. The van der Waals surface area contributed by atoms with E-state index in [1.807, 2.05) is 6.92 Å². The van der Waals surface area contributed by atoms with Gasteiger partial charge in [-0.05, 0) is 25.0 Å². The number of hydrogen-bond acceptors (Lipinski definition) is 6. The summed E-state index contributed by atoms with van der Waals surface area (Å²) in [5, 5.41) is 11.1. The molecule has 0 saturated heterocycles. The summed E-state index contributed by atoms with van der Waals surface area (Å²) in [5.74, 6) is 0.400. The second kappa shape index (κ2) is 5.52. The fourth-order valence-electron chi connectivity index (χ4n) is 1.66. The van der Waals surface area contributed by atoms with E-state index in [1.165, 1.54) is 12.3 Å². The van der Waals surface area contributed by atoms with Gasteiger partial charge in [0.15, 0.2) is 0 Å². The highest BCUT2D eigenvalue weighted by Gasteiger charge is 2.18. The molecule has 7 heteroatoms. The summed E-state index contributed by atoms with van der Waals surface area (Å²) in [6, 6.07) is 4.84. The molecule has 0 aliphatic carbocycles. The predicted molar refractivity (Wildman–Crippen MR) is 73.7 cm³/mol. The van der Waals surface area contributed by atoms with Crippen molar-refractivity contribution >= 4 is 11.6 Å². The maximum Gasteiger partial charge on any atom is 0.311 e. The van der Waals surface area contributed by atoms with E-state index in [-0.39, 0.29) is 23.3 Å². The maximum absolute atomic E-state index is 11.1. The SMILES string of the molecule is CCc1ccc(Oc2nc(N)ncc2C)c([N+](=O)[O-])c1. The minimum Gasteiger partial charge on any atom is -0.431 e. The molecule has 0 fully saturated rings. The molecule has 0 aliphatic rings. The van der Waals surface area contributed by atoms with E-state index in [4.69, 9.17) is 10.5 Å². The molecule has 0 unspecified atom stereocenters. The van der Waals surface area contributed by atoms with Crippen LogP contribution in [-0.2, 0) is 6.42 Å². The number of nitrogens with zero attached hydrogens (tertiary/aromatic N) is 3. The molecular formula is C13H14N4O3. The average Bonchev–Trinajstić information content (AvgIpc) is 2.43. The van der Waals surface area contributed by atoms with Crippen molar-refractivity contribution < 1.29 is 9.66 Å². The number of aryl methyl sites for hydroxylation is 2. The van der Waals surface area contributed by atoms with Crippen molar-refractivity contribution in [1.29, 1.82) is 0 Å². The van der Waals surface area contributed by atoms with Crippen molar-refractivity contribution in [3.8, 4) is 11.6 Å². The van der Waals surface area contributed by atoms with E-state index >= 15 is 0 Å². The van der Waals surface area contributed by atoms with E-state index < -0.39 is 4.92 Å². The number of nitrogens with two attached hydrogens (primary N) is 1. The van der Waals surface area contributed by atoms with Crippen molar-refractivity contribution in [2.75, 3.05) is 5.73 Å². The van der Waals surface area contributed by atoms with Gasteiger partial charge < -0.3 is 10.5 Å². The summed E-state index contributed by atoms with van der Waals surface area (Å²) >= 11 is 0. The molecular weight excluding hydrogens is 260 g/mol. The smallest absolute Gasteiger partial charge is 0.311 e. The first-order valence-electron chi connectivity index (χ1n) is 6.05. The second-order valence-electron chi connectivity index (χ2n) is 4.23. The predicted octanol–water partition coefficient (Wildman–Crippen LogP) is 2.63. The first-order valence-corrected chi connectivity index (χ1v) is 6.05. The highest BCUT2D eigenvalue weighted by molar-refractivity contribution is 5.50. The number of nitro benzene ring substituents is 1. The van der Waals surface area contributed by atoms with Crippen molar-refractivity contribution in [3.05, 3.63) is 45.6 Å². The number of nitro groups is 1. The van der Waals surface area contributed by atoms with Gasteiger partial charge in [-0.25, -0.2) is 4.98 Å². The topological polar surface area (TPSA) is 104 Å². The van der Waals surface area contributed by atoms with E-state index in [1.54, 1.807) is 19.1 Å². The van der Waals surface area contributed by atoms with Gasteiger partial charge in [-0.15, -0.1) is 0 Å². The lowest BCUT2D eigenvalue weighted by molar-refractivity contribution is -0.385. The monoisotopic (exact) mass is 274 g/mol. The Morgan fingerprint density at radius 3 is 2.85 bits per heavy atom. The molecule has 2 rings (SSSR count). The van der Waals surface area contributed by atoms with Crippen molar-refractivity contribution in [2.24, 2.45) is 0 Å². The van der Waals surface area contributed by atoms with E-state index in [9.17, 15) is 10.1 Å². The zero-order valence-corrected chi connectivity index (χ0v) is 11.2. The summed E-state index contributed by atoms with van der Waals surface area (Å²) in [6.45, 7) is 3.66. The second-order valence-corrected chi connectivity index (χ2v) is 4.23. The van der Waals surface area contributed by atoms with Crippen LogP contribution < -0.4 is 10.5 Å². The number of rotatable bonds is 4. The lowest BCUT2D eigenvalue weighted by Crippen LogP contribution is -2.01. The third-order valence-electron chi connectivity index (χ3n) is 2.78. The molecule has 104 valence electrons. The van der Waals surface area contributed by atoms with Crippen LogP contribution in [0.2, 0.25) is 0 Å². The zero-order valence-electron chi connectivity index (χ0n) is 11.2. The lowest BCUT2D eigenvalue weighted by Gasteiger charge is -2.08. The van der Waals surface area contributed by atoms with Crippen LogP contribution in [0.15, 0.2) is 24.4 Å². The number of hydrogen-bond donors (Lipinski definition) is 1. The third-order valence-corrected chi connectivity index (χ3v) is 2.78. The van der Waals surface area contributed by atoms with Gasteiger partial charge in [-0.2, -0.15) is 4.98 Å². The summed E-state index contributed by atoms with van der Waals surface area (Å²) < 4.78 is 5.51. The van der Waals surface area contributed by atoms with Gasteiger partial charge in [0.1, 0.15) is 0 Å². The lowest BCUT2D eigenvalue weighted by atomic mass is 10.1. The Morgan fingerprint density at radius 2 is 2.20 bits per heavy atom. The minimum absolute atomic E-state index is 0.0541. The van der Waals surface area contributed by atoms with Gasteiger partial charge in [0, 0.05) is 17.8 Å². The third kappa shape index (κ3) is 2.82. The van der Waals surface area contributed by atoms with Crippen LogP contribution in [0.5, 0.6) is 11.6 Å². The molecule has 2 N–H and O–H groups in total. The molecule has 7 nitrogen and oxygen atoms in total. The zero-order chi connectivity index (χ0) is 14.7. The molecule has 0 aliphatic heterocycles. The van der Waals surface area contributed by atoms with E-state index in [0.717, 1.165) is 5.56 Å². The van der Waals surface area contributed by atoms with Crippen LogP contribution in [0.25, 0.3) is 0 Å². The van der Waals surface area contributed by atoms with Crippen LogP contribution in [0.3, 0.4) is 0 Å². The molecule has 1 aromatic heterocycles. The number of ether oxygens (including phenoxy) is 1. The fraction of sp³-hybridized carbons (Fsp3) is 0.231. The van der Waals surface area contributed by atoms with Crippen molar-refractivity contribution in [1.82, 2.24) is 9.97 Å². The summed E-state index contributed by atoms with van der Waals surface area (Å²) in [6.07, 6.45) is 2.21. The van der Waals surface area contributed by atoms with Gasteiger partial charge in [-0.1, -0.05) is 13.0 Å². The van der Waals surface area contributed by atoms with E-state index in [2.05, 4.69) is 9.97 Å². The van der Waals surface area contributed by atoms with Crippen LogP contribution in [-0.4, -0.2) is 14.9 Å². The summed E-state index contributed by atoms with van der Waals surface area (Å²) in [4.78, 5) is 18.4. The number of anilines is 1. The first kappa shape index (κ1) is 13.7. The van der Waals surface area contributed by atoms with Crippen LogP contribution in [0.1, 0.15) is 18.1 Å². The average molecular weight is 274 g/mol. The van der Waals surface area contributed by atoms with Gasteiger partial charge in [0.05, 0.1) is 4.92 Å². The Morgan fingerprint density at radius 1 is 1.45 bits per heavy atom. The van der Waals surface area contributed by atoms with E-state index in [0.29, 0.717) is 12.0 Å². The molecule has 0 radical (unpaired) electrons. The fourth-order valence-corrected chi connectivity index (χ4v) is 1.66. The standard InChI is InChI=1S/C13H14N4O3/c1-3-9-4-5-11(10(6-9)17(18)19)20-12-8(2)7-15-13(14)16-12/h4-7H,3H2,1-2H3,(H2,14,15,16). The highest BCUT2D eigenvalue weighted by atomic mass is 16.6. The molecule has 20 heavy (non-hydrogen) atoms. The minimum atomic E-state index is -0.478. The Balaban J connectivity index is 2.42.